The molecule has 2 rings (SSSR count). The molecule has 102 valence electrons. The minimum atomic E-state index is -1.33. The Labute approximate surface area is 119 Å². The molecule has 0 N–H and O–H groups in total. The van der Waals surface area contributed by atoms with Crippen molar-refractivity contribution in [3.63, 3.8) is 0 Å². The van der Waals surface area contributed by atoms with Gasteiger partial charge in [-0.3, -0.25) is 4.79 Å². The quantitative estimate of drug-likeness (QED) is 0.802. The third-order valence-electron chi connectivity index (χ3n) is 2.88. The van der Waals surface area contributed by atoms with E-state index in [1.54, 1.807) is 38.1 Å². The fourth-order valence-electron chi connectivity index (χ4n) is 1.81. The van der Waals surface area contributed by atoms with E-state index in [0.29, 0.717) is 17.0 Å². The second-order valence-electron chi connectivity index (χ2n) is 4.10. The van der Waals surface area contributed by atoms with Gasteiger partial charge in [0.25, 0.3) is 10.6 Å². The van der Waals surface area contributed by atoms with E-state index in [0.717, 1.165) is 4.68 Å². The molecule has 1 atom stereocenters. The maximum atomic E-state index is 12.3. The summed E-state index contributed by atoms with van der Waals surface area (Å²) < 4.78 is 13.2. The molecule has 0 radical (unpaired) electrons. The van der Waals surface area contributed by atoms with Crippen molar-refractivity contribution in [1.82, 2.24) is 9.78 Å². The molecule has 0 aliphatic heterocycles. The highest BCUT2D eigenvalue weighted by Gasteiger charge is 2.22. The molecule has 0 fully saturated rings. The zero-order chi connectivity index (χ0) is 14.7. The molecular formula is C14H13N3O2S. The molecule has 1 heterocycles. The van der Waals surface area contributed by atoms with Crippen molar-refractivity contribution in [3.05, 3.63) is 51.8 Å². The van der Waals surface area contributed by atoms with Gasteiger partial charge in [0, 0.05) is 16.7 Å². The van der Waals surface area contributed by atoms with Gasteiger partial charge in [-0.15, -0.1) is 5.10 Å². The molecule has 1 aromatic carbocycles. The van der Waals surface area contributed by atoms with Crippen LogP contribution in [0.15, 0.2) is 40.2 Å². The molecule has 0 bridgehead atoms. The summed E-state index contributed by atoms with van der Waals surface area (Å²) in [7, 11) is 0. The fraction of sp³-hybridized carbons (Fsp3) is 0.214. The van der Waals surface area contributed by atoms with Gasteiger partial charge < -0.3 is 4.55 Å². The van der Waals surface area contributed by atoms with Crippen LogP contribution < -0.4 is 5.56 Å². The summed E-state index contributed by atoms with van der Waals surface area (Å²) in [6, 6.07) is 10.7. The Balaban J connectivity index is 2.77. The van der Waals surface area contributed by atoms with Gasteiger partial charge in [0.15, 0.2) is 0 Å². The van der Waals surface area contributed by atoms with E-state index in [1.807, 2.05) is 12.1 Å². The van der Waals surface area contributed by atoms with Gasteiger partial charge in [-0.2, -0.15) is 9.94 Å². The van der Waals surface area contributed by atoms with Gasteiger partial charge in [-0.25, -0.2) is 0 Å². The van der Waals surface area contributed by atoms with Crippen LogP contribution >= 0.6 is 0 Å². The molecule has 6 heteroatoms. The van der Waals surface area contributed by atoms with Gasteiger partial charge in [0.1, 0.15) is 17.4 Å². The van der Waals surface area contributed by atoms with E-state index in [9.17, 15) is 9.35 Å². The number of hydrogen-bond donors (Lipinski definition) is 0. The van der Waals surface area contributed by atoms with E-state index < -0.39 is 16.7 Å². The first-order valence-corrected chi connectivity index (χ1v) is 7.39. The van der Waals surface area contributed by atoms with E-state index in [1.165, 1.54) is 0 Å². The second-order valence-corrected chi connectivity index (χ2v) is 5.76. The fourth-order valence-corrected chi connectivity index (χ4v) is 2.70. The van der Waals surface area contributed by atoms with Crippen LogP contribution in [0, 0.1) is 18.3 Å². The molecular weight excluding hydrogens is 274 g/mol. The maximum absolute atomic E-state index is 12.3. The summed E-state index contributed by atoms with van der Waals surface area (Å²) in [6.07, 6.45) is 0. The first kappa shape index (κ1) is 14.3. The van der Waals surface area contributed by atoms with Gasteiger partial charge in [-0.05, 0) is 26.0 Å². The van der Waals surface area contributed by atoms with Crippen LogP contribution in [0.25, 0.3) is 5.69 Å². The molecule has 2 aromatic rings. The summed E-state index contributed by atoms with van der Waals surface area (Å²) >= 11 is -1.33. The lowest BCUT2D eigenvalue weighted by Gasteiger charge is -2.12. The normalized spacial score (nSPS) is 11.9. The molecule has 0 spiro atoms. The zero-order valence-corrected chi connectivity index (χ0v) is 12.0. The Morgan fingerprint density at radius 2 is 2.05 bits per heavy atom. The Hall–Kier alpha value is -2.10. The summed E-state index contributed by atoms with van der Waals surface area (Å²) in [6.45, 7) is 3.37. The number of nitriles is 1. The molecule has 0 saturated heterocycles. The van der Waals surface area contributed by atoms with Crippen LogP contribution in [0.5, 0.6) is 0 Å². The van der Waals surface area contributed by atoms with Gasteiger partial charge in [-0.1, -0.05) is 18.2 Å². The van der Waals surface area contributed by atoms with Crippen LogP contribution in [0.3, 0.4) is 0 Å². The zero-order valence-electron chi connectivity index (χ0n) is 11.2. The van der Waals surface area contributed by atoms with Crippen molar-refractivity contribution < 1.29 is 4.55 Å². The van der Waals surface area contributed by atoms with Gasteiger partial charge in [0.2, 0.25) is 0 Å². The van der Waals surface area contributed by atoms with Gasteiger partial charge >= 0.3 is 0 Å². The number of benzene rings is 1. The van der Waals surface area contributed by atoms with Crippen LogP contribution in [-0.2, 0) is 11.2 Å². The molecule has 20 heavy (non-hydrogen) atoms. The average Bonchev–Trinajstić information content (AvgIpc) is 2.48. The second kappa shape index (κ2) is 5.90. The lowest BCUT2D eigenvalue weighted by molar-refractivity contribution is 0.584. The molecule has 5 nitrogen and oxygen atoms in total. The number of rotatable bonds is 3. The molecule has 1 unspecified atom stereocenters. The lowest BCUT2D eigenvalue weighted by atomic mass is 10.2. The number of nitrogens with zero attached hydrogens (tertiary/aromatic N) is 3. The van der Waals surface area contributed by atoms with Crippen molar-refractivity contribution in [1.29, 1.82) is 5.26 Å². The molecule has 0 amide bonds. The minimum absolute atomic E-state index is 0.0133. The Morgan fingerprint density at radius 3 is 2.60 bits per heavy atom. The summed E-state index contributed by atoms with van der Waals surface area (Å²) in [5, 5.41) is 13.6. The predicted molar refractivity (Wildman–Crippen MR) is 76.2 cm³/mol. The topological polar surface area (TPSA) is 81.7 Å². The van der Waals surface area contributed by atoms with Crippen molar-refractivity contribution in [3.8, 4) is 11.8 Å². The Bertz CT molecular complexity index is 720. The third kappa shape index (κ3) is 2.46. The van der Waals surface area contributed by atoms with E-state index in [-0.39, 0.29) is 10.6 Å². The van der Waals surface area contributed by atoms with E-state index >= 15 is 0 Å². The average molecular weight is 287 g/mol. The van der Waals surface area contributed by atoms with Crippen LogP contribution in [0.2, 0.25) is 0 Å². The Kier molecular flexibility index (Phi) is 4.23. The minimum Gasteiger partial charge on any atom is -0.610 e. The molecule has 1 aromatic heterocycles. The first-order chi connectivity index (χ1) is 9.60. The number of aromatic nitrogens is 2. The van der Waals surface area contributed by atoms with Crippen LogP contribution in [0.4, 0.5) is 0 Å². The molecule has 0 aliphatic rings. The summed E-state index contributed by atoms with van der Waals surface area (Å²) in [5.41, 5.74) is 0.432. The van der Waals surface area contributed by atoms with E-state index in [4.69, 9.17) is 5.26 Å². The smallest absolute Gasteiger partial charge is 0.290 e. The molecule has 0 saturated carbocycles. The molecule has 0 aliphatic carbocycles. The monoisotopic (exact) mass is 287 g/mol. The number of para-hydroxylation sites is 1. The SMILES string of the molecule is CC[S+]([O-])c1nn(-c2ccccc2)c(=O)c(C#N)c1C. The largest absolute Gasteiger partial charge is 0.610 e. The lowest BCUT2D eigenvalue weighted by Crippen LogP contribution is -2.28. The standard InChI is InChI=1S/C14H13N3O2S/c1-3-20(19)13-10(2)12(9-15)14(18)17(16-13)11-7-5-4-6-8-11/h4-8H,3H2,1-2H3. The predicted octanol–water partition coefficient (Wildman–Crippen LogP) is 1.54. The van der Waals surface area contributed by atoms with Crippen molar-refractivity contribution >= 4 is 11.2 Å². The summed E-state index contributed by atoms with van der Waals surface area (Å²) in [5.74, 6) is 0.381. The highest BCUT2D eigenvalue weighted by molar-refractivity contribution is 7.91. The van der Waals surface area contributed by atoms with Gasteiger partial charge in [0.05, 0.1) is 5.69 Å². The summed E-state index contributed by atoms with van der Waals surface area (Å²) in [4.78, 5) is 12.3. The first-order valence-electron chi connectivity index (χ1n) is 6.08. The number of hydrogen-bond acceptors (Lipinski definition) is 4. The van der Waals surface area contributed by atoms with Crippen molar-refractivity contribution in [2.45, 2.75) is 18.9 Å². The van der Waals surface area contributed by atoms with Crippen LogP contribution in [0.1, 0.15) is 18.1 Å². The third-order valence-corrected chi connectivity index (χ3v) is 4.23. The van der Waals surface area contributed by atoms with Crippen LogP contribution in [-0.4, -0.2) is 20.1 Å². The van der Waals surface area contributed by atoms with Crippen molar-refractivity contribution in [2.75, 3.05) is 5.75 Å². The highest BCUT2D eigenvalue weighted by Crippen LogP contribution is 2.16. The van der Waals surface area contributed by atoms with E-state index in [2.05, 4.69) is 5.10 Å². The highest BCUT2D eigenvalue weighted by atomic mass is 32.2. The Morgan fingerprint density at radius 1 is 1.40 bits per heavy atom. The van der Waals surface area contributed by atoms with Crippen molar-refractivity contribution in [2.24, 2.45) is 0 Å². The maximum Gasteiger partial charge on any atom is 0.290 e.